The molecule has 6 nitrogen and oxygen atoms in total. The van der Waals surface area contributed by atoms with Gasteiger partial charge in [0, 0.05) is 11.8 Å². The topological polar surface area (TPSA) is 73.9 Å². The third-order valence-electron chi connectivity index (χ3n) is 4.55. The molecule has 4 rings (SSSR count). The normalized spacial score (nSPS) is 13.5. The van der Waals surface area contributed by atoms with Crippen LogP contribution in [0.1, 0.15) is 15.9 Å². The summed E-state index contributed by atoms with van der Waals surface area (Å²) in [5.74, 6) is 0.585. The van der Waals surface area contributed by atoms with Gasteiger partial charge in [-0.2, -0.15) is 0 Å². The van der Waals surface area contributed by atoms with Crippen LogP contribution < -0.4 is 19.5 Å². The molecule has 1 amide bonds. The standard InChI is InChI=1S/C24H18FNO5/c1-29-18-8-6-17(7-9-18)26-23(27)14-30-19-10-11-20-21(13-19)31-22(24(20)28)12-15-2-4-16(25)5-3-15/h2-13H,14H2,1H3,(H,26,27). The van der Waals surface area contributed by atoms with Gasteiger partial charge in [0.25, 0.3) is 5.91 Å². The number of nitrogens with one attached hydrogen (secondary N) is 1. The maximum Gasteiger partial charge on any atom is 0.262 e. The molecule has 1 N–H and O–H groups in total. The van der Waals surface area contributed by atoms with Crippen molar-refractivity contribution in [1.82, 2.24) is 0 Å². The number of carbonyl (C=O) groups excluding carboxylic acids is 2. The van der Waals surface area contributed by atoms with Gasteiger partial charge < -0.3 is 19.5 Å². The fourth-order valence-electron chi connectivity index (χ4n) is 2.99. The van der Waals surface area contributed by atoms with Gasteiger partial charge in [-0.1, -0.05) is 12.1 Å². The molecule has 0 aliphatic carbocycles. The van der Waals surface area contributed by atoms with E-state index in [2.05, 4.69) is 5.32 Å². The predicted octanol–water partition coefficient (Wildman–Crippen LogP) is 4.47. The smallest absolute Gasteiger partial charge is 0.262 e. The number of hydrogen-bond acceptors (Lipinski definition) is 5. The highest BCUT2D eigenvalue weighted by atomic mass is 19.1. The molecule has 31 heavy (non-hydrogen) atoms. The predicted molar refractivity (Wildman–Crippen MR) is 113 cm³/mol. The van der Waals surface area contributed by atoms with Crippen molar-refractivity contribution in [3.8, 4) is 17.2 Å². The molecule has 0 bridgehead atoms. The van der Waals surface area contributed by atoms with E-state index in [4.69, 9.17) is 14.2 Å². The molecule has 7 heteroatoms. The van der Waals surface area contributed by atoms with E-state index in [1.165, 1.54) is 12.1 Å². The molecule has 0 spiro atoms. The molecule has 3 aromatic rings. The number of benzene rings is 3. The van der Waals surface area contributed by atoms with Gasteiger partial charge >= 0.3 is 0 Å². The van der Waals surface area contributed by atoms with Gasteiger partial charge in [-0.05, 0) is 60.2 Å². The molecular weight excluding hydrogens is 401 g/mol. The summed E-state index contributed by atoms with van der Waals surface area (Å²) in [4.78, 5) is 24.6. The summed E-state index contributed by atoms with van der Waals surface area (Å²) in [6, 6.07) is 17.4. The molecule has 0 fully saturated rings. The van der Waals surface area contributed by atoms with E-state index in [9.17, 15) is 14.0 Å². The molecule has 1 aliphatic rings. The average molecular weight is 419 g/mol. The second kappa shape index (κ2) is 8.71. The maximum atomic E-state index is 13.1. The van der Waals surface area contributed by atoms with Crippen LogP contribution in [0.15, 0.2) is 72.5 Å². The highest BCUT2D eigenvalue weighted by Gasteiger charge is 2.27. The van der Waals surface area contributed by atoms with Crippen LogP contribution in [-0.2, 0) is 4.79 Å². The zero-order chi connectivity index (χ0) is 21.8. The van der Waals surface area contributed by atoms with Gasteiger partial charge in [-0.15, -0.1) is 0 Å². The number of hydrogen-bond donors (Lipinski definition) is 1. The second-order valence-corrected chi connectivity index (χ2v) is 6.71. The van der Waals surface area contributed by atoms with Crippen LogP contribution in [0.4, 0.5) is 10.1 Å². The quantitative estimate of drug-likeness (QED) is 0.597. The van der Waals surface area contributed by atoms with Crippen LogP contribution in [0, 0.1) is 5.82 Å². The lowest BCUT2D eigenvalue weighted by atomic mass is 10.1. The number of amides is 1. The molecule has 0 radical (unpaired) electrons. The summed E-state index contributed by atoms with van der Waals surface area (Å²) >= 11 is 0. The fraction of sp³-hybridized carbons (Fsp3) is 0.0833. The summed E-state index contributed by atoms with van der Waals surface area (Å²) in [6.07, 6.45) is 1.55. The third kappa shape index (κ3) is 4.72. The molecular formula is C24H18FNO5. The minimum atomic E-state index is -0.359. The van der Waals surface area contributed by atoms with Gasteiger partial charge in [0.15, 0.2) is 12.4 Å². The summed E-state index contributed by atoms with van der Waals surface area (Å²) in [5, 5.41) is 2.72. The molecule has 0 saturated heterocycles. The first-order valence-electron chi connectivity index (χ1n) is 9.42. The van der Waals surface area contributed by atoms with E-state index in [1.807, 2.05) is 0 Å². The van der Waals surface area contributed by atoms with Crippen molar-refractivity contribution < 1.29 is 28.2 Å². The molecule has 156 valence electrons. The zero-order valence-corrected chi connectivity index (χ0v) is 16.6. The molecule has 0 atom stereocenters. The Hall–Kier alpha value is -4.13. The van der Waals surface area contributed by atoms with Crippen LogP contribution in [-0.4, -0.2) is 25.4 Å². The SMILES string of the molecule is COc1ccc(NC(=O)COc2ccc3c(c2)OC(=Cc2ccc(F)cc2)C3=O)cc1. The summed E-state index contributed by atoms with van der Waals surface area (Å²) in [5.41, 5.74) is 1.65. The lowest BCUT2D eigenvalue weighted by Crippen LogP contribution is -2.20. The van der Waals surface area contributed by atoms with E-state index in [-0.39, 0.29) is 29.9 Å². The fourth-order valence-corrected chi connectivity index (χ4v) is 2.99. The average Bonchev–Trinajstić information content (AvgIpc) is 3.09. The minimum Gasteiger partial charge on any atom is -0.497 e. The highest BCUT2D eigenvalue weighted by Crippen LogP contribution is 2.35. The third-order valence-corrected chi connectivity index (χ3v) is 4.55. The Labute approximate surface area is 177 Å². The van der Waals surface area contributed by atoms with Crippen molar-refractivity contribution in [2.45, 2.75) is 0 Å². The van der Waals surface area contributed by atoms with Crippen molar-refractivity contribution in [3.63, 3.8) is 0 Å². The van der Waals surface area contributed by atoms with E-state index >= 15 is 0 Å². The van der Waals surface area contributed by atoms with Crippen molar-refractivity contribution in [2.24, 2.45) is 0 Å². The molecule has 3 aromatic carbocycles. The zero-order valence-electron chi connectivity index (χ0n) is 16.6. The Morgan fingerprint density at radius 2 is 1.74 bits per heavy atom. The monoisotopic (exact) mass is 419 g/mol. The van der Waals surface area contributed by atoms with Crippen molar-refractivity contribution in [1.29, 1.82) is 0 Å². The number of allylic oxidation sites excluding steroid dienone is 1. The summed E-state index contributed by atoms with van der Waals surface area (Å²) < 4.78 is 29.3. The first kappa shape index (κ1) is 20.2. The number of halogens is 1. The van der Waals surface area contributed by atoms with Gasteiger partial charge in [0.1, 0.15) is 23.1 Å². The largest absolute Gasteiger partial charge is 0.497 e. The van der Waals surface area contributed by atoms with E-state index in [0.29, 0.717) is 34.1 Å². The second-order valence-electron chi connectivity index (χ2n) is 6.71. The van der Waals surface area contributed by atoms with Crippen LogP contribution in [0.5, 0.6) is 17.2 Å². The number of methoxy groups -OCH3 is 1. The van der Waals surface area contributed by atoms with Crippen molar-refractivity contribution in [3.05, 3.63) is 89.4 Å². The van der Waals surface area contributed by atoms with Crippen molar-refractivity contribution in [2.75, 3.05) is 19.0 Å². The molecule has 0 saturated carbocycles. The number of fused-ring (bicyclic) bond motifs is 1. The van der Waals surface area contributed by atoms with Crippen LogP contribution >= 0.6 is 0 Å². The Kier molecular flexibility index (Phi) is 5.66. The molecule has 1 heterocycles. The Morgan fingerprint density at radius 3 is 2.45 bits per heavy atom. The maximum absolute atomic E-state index is 13.1. The molecule has 0 unspecified atom stereocenters. The van der Waals surface area contributed by atoms with E-state index in [0.717, 1.165) is 0 Å². The van der Waals surface area contributed by atoms with Crippen LogP contribution in [0.3, 0.4) is 0 Å². The highest BCUT2D eigenvalue weighted by molar-refractivity contribution is 6.14. The summed E-state index contributed by atoms with van der Waals surface area (Å²) in [7, 11) is 1.57. The van der Waals surface area contributed by atoms with Crippen LogP contribution in [0.2, 0.25) is 0 Å². The number of Topliss-reactive ketones (excluding diaryl/α,β-unsaturated/α-hetero) is 1. The van der Waals surface area contributed by atoms with Gasteiger partial charge in [-0.25, -0.2) is 4.39 Å². The van der Waals surface area contributed by atoms with E-state index < -0.39 is 0 Å². The first-order chi connectivity index (χ1) is 15.0. The number of ketones is 1. The Morgan fingerprint density at radius 1 is 1.03 bits per heavy atom. The van der Waals surface area contributed by atoms with Gasteiger partial charge in [-0.3, -0.25) is 9.59 Å². The van der Waals surface area contributed by atoms with Crippen LogP contribution in [0.25, 0.3) is 6.08 Å². The van der Waals surface area contributed by atoms with Gasteiger partial charge in [0.2, 0.25) is 5.78 Å². The summed E-state index contributed by atoms with van der Waals surface area (Å²) in [6.45, 7) is -0.211. The minimum absolute atomic E-state index is 0.135. The molecule has 0 aromatic heterocycles. The number of carbonyl (C=O) groups is 2. The number of anilines is 1. The Bertz CT molecular complexity index is 1150. The lowest BCUT2D eigenvalue weighted by Gasteiger charge is -2.09. The number of rotatable bonds is 6. The van der Waals surface area contributed by atoms with Gasteiger partial charge in [0.05, 0.1) is 12.7 Å². The number of ether oxygens (including phenoxy) is 3. The van der Waals surface area contributed by atoms with E-state index in [1.54, 1.807) is 67.8 Å². The lowest BCUT2D eigenvalue weighted by molar-refractivity contribution is -0.118. The first-order valence-corrected chi connectivity index (χ1v) is 9.42. The Balaban J connectivity index is 1.38. The van der Waals surface area contributed by atoms with Crippen molar-refractivity contribution >= 4 is 23.5 Å². The molecule has 1 aliphatic heterocycles.